The first-order valence-corrected chi connectivity index (χ1v) is 2.96. The van der Waals surface area contributed by atoms with Gasteiger partial charge in [0.05, 0.1) is 0 Å². The van der Waals surface area contributed by atoms with Crippen molar-refractivity contribution in [2.24, 2.45) is 5.41 Å². The van der Waals surface area contributed by atoms with Crippen LogP contribution in [0.2, 0.25) is 0 Å². The summed E-state index contributed by atoms with van der Waals surface area (Å²) in [6, 6.07) is 2.88. The van der Waals surface area contributed by atoms with Gasteiger partial charge < -0.3 is 5.32 Å². The summed E-state index contributed by atoms with van der Waals surface area (Å²) in [6.45, 7) is 5.38. The van der Waals surface area contributed by atoms with Gasteiger partial charge in [0, 0.05) is 18.0 Å². The molecule has 0 spiro atoms. The van der Waals surface area contributed by atoms with E-state index in [9.17, 15) is 0 Å². The van der Waals surface area contributed by atoms with Crippen LogP contribution in [0.15, 0.2) is 0 Å². The highest BCUT2D eigenvalue weighted by Gasteiger charge is 2.15. The highest BCUT2D eigenvalue weighted by molar-refractivity contribution is 5.10. The van der Waals surface area contributed by atoms with Crippen LogP contribution in [0, 0.1) is 17.4 Å². The number of nitrogens with one attached hydrogen (secondary N) is 1. The Morgan fingerprint density at radius 3 is 2.50 bits per heavy atom. The van der Waals surface area contributed by atoms with Crippen molar-refractivity contribution in [3.8, 4) is 12.0 Å². The summed E-state index contributed by atoms with van der Waals surface area (Å²) in [5.74, 6) is 3.10. The molecule has 8 heavy (non-hydrogen) atoms. The van der Waals surface area contributed by atoms with E-state index in [-0.39, 0.29) is 5.41 Å². The van der Waals surface area contributed by atoms with Crippen LogP contribution in [0.4, 0.5) is 0 Å². The lowest BCUT2D eigenvalue weighted by Gasteiger charge is -2.19. The normalized spacial score (nSPS) is 22.8. The van der Waals surface area contributed by atoms with Gasteiger partial charge in [-0.05, 0) is 20.3 Å². The molecule has 0 saturated carbocycles. The zero-order chi connectivity index (χ0) is 6.04. The number of hydrogen-bond donors (Lipinski definition) is 1. The molecule has 1 heteroatoms. The smallest absolute Gasteiger partial charge is 0.0293 e. The molecule has 0 bridgehead atoms. The lowest BCUT2D eigenvalue weighted by atomic mass is 9.89. The van der Waals surface area contributed by atoms with Gasteiger partial charge in [0.2, 0.25) is 0 Å². The minimum absolute atomic E-state index is 0.255. The van der Waals surface area contributed by atoms with Crippen molar-refractivity contribution >= 4 is 0 Å². The Kier molecular flexibility index (Phi) is 1.17. The van der Waals surface area contributed by atoms with E-state index >= 15 is 0 Å². The molecule has 0 radical (unpaired) electrons. The summed E-state index contributed by atoms with van der Waals surface area (Å²) >= 11 is 0. The van der Waals surface area contributed by atoms with Gasteiger partial charge in [-0.15, -0.1) is 0 Å². The van der Waals surface area contributed by atoms with Gasteiger partial charge in [-0.3, -0.25) is 0 Å². The van der Waals surface area contributed by atoms with Gasteiger partial charge in [0.1, 0.15) is 0 Å². The summed E-state index contributed by atoms with van der Waals surface area (Å²) in [7, 11) is 0. The fourth-order valence-corrected chi connectivity index (χ4v) is 0.713. The van der Waals surface area contributed by atoms with Gasteiger partial charge in [0.15, 0.2) is 0 Å². The quantitative estimate of drug-likeness (QED) is 0.457. The predicted molar refractivity (Wildman–Crippen MR) is 34.2 cm³/mol. The molecule has 0 fully saturated rings. The Morgan fingerprint density at radius 1 is 1.50 bits per heavy atom. The van der Waals surface area contributed by atoms with Crippen LogP contribution >= 0.6 is 0 Å². The van der Waals surface area contributed by atoms with E-state index in [0.717, 1.165) is 6.54 Å². The second-order valence-corrected chi connectivity index (χ2v) is 2.81. The Balaban J connectivity index is 2.65. The summed E-state index contributed by atoms with van der Waals surface area (Å²) in [5, 5.41) is 2.98. The summed E-state index contributed by atoms with van der Waals surface area (Å²) in [5.41, 5.74) is 0.255. The van der Waals surface area contributed by atoms with Gasteiger partial charge in [-0.1, -0.05) is 5.92 Å². The maximum atomic E-state index is 3.10. The van der Waals surface area contributed by atoms with E-state index in [1.165, 1.54) is 6.42 Å². The summed E-state index contributed by atoms with van der Waals surface area (Å²) in [4.78, 5) is 0. The van der Waals surface area contributed by atoms with Crippen molar-refractivity contribution in [3.05, 3.63) is 0 Å². The number of rotatable bonds is 0. The van der Waals surface area contributed by atoms with Crippen LogP contribution < -0.4 is 5.32 Å². The molecule has 1 aliphatic rings. The van der Waals surface area contributed by atoms with Crippen molar-refractivity contribution in [3.63, 3.8) is 0 Å². The molecule has 1 heterocycles. The van der Waals surface area contributed by atoms with Crippen LogP contribution in [0.3, 0.4) is 0 Å². The van der Waals surface area contributed by atoms with E-state index in [4.69, 9.17) is 0 Å². The molecule has 0 atom stereocenters. The van der Waals surface area contributed by atoms with Gasteiger partial charge >= 0.3 is 0 Å². The van der Waals surface area contributed by atoms with E-state index in [1.807, 2.05) is 0 Å². The molecule has 1 nitrogen and oxygen atoms in total. The second-order valence-electron chi connectivity index (χ2n) is 2.81. The number of hydrogen-bond acceptors (Lipinski definition) is 1. The molecule has 0 aromatic heterocycles. The van der Waals surface area contributed by atoms with Crippen LogP contribution in [-0.2, 0) is 0 Å². The third kappa shape index (κ3) is 1.16. The molecule has 0 amide bonds. The monoisotopic (exact) mass is 109 g/mol. The van der Waals surface area contributed by atoms with E-state index in [1.54, 1.807) is 0 Å². The van der Waals surface area contributed by atoms with Crippen molar-refractivity contribution in [2.75, 3.05) is 6.54 Å². The zero-order valence-electron chi connectivity index (χ0n) is 5.41. The summed E-state index contributed by atoms with van der Waals surface area (Å²) < 4.78 is 0. The second kappa shape index (κ2) is 1.70. The standard InChI is InChI=1S/C7H11N/c1-7(2)3-5-8-6-4-7/h8H,3,5H2,1-2H3. The molecule has 0 aromatic carbocycles. The van der Waals surface area contributed by atoms with Gasteiger partial charge in [-0.2, -0.15) is 0 Å². The fraction of sp³-hybridized carbons (Fsp3) is 0.714. The first kappa shape index (κ1) is 5.50. The highest BCUT2D eigenvalue weighted by Crippen LogP contribution is 2.18. The molecule has 0 unspecified atom stereocenters. The van der Waals surface area contributed by atoms with E-state index in [2.05, 4.69) is 31.1 Å². The van der Waals surface area contributed by atoms with Crippen molar-refractivity contribution in [1.29, 1.82) is 0 Å². The molecular formula is C7H11N. The molecule has 1 N–H and O–H groups in total. The fourth-order valence-electron chi connectivity index (χ4n) is 0.713. The van der Waals surface area contributed by atoms with Crippen molar-refractivity contribution < 1.29 is 0 Å². The van der Waals surface area contributed by atoms with Crippen LogP contribution in [-0.4, -0.2) is 6.54 Å². The average Bonchev–Trinajstić information content (AvgIpc) is 1.65. The third-order valence-corrected chi connectivity index (χ3v) is 1.36. The van der Waals surface area contributed by atoms with Gasteiger partial charge in [-0.25, -0.2) is 0 Å². The van der Waals surface area contributed by atoms with Crippen LogP contribution in [0.1, 0.15) is 20.3 Å². The molecular weight excluding hydrogens is 98.1 g/mol. The first-order chi connectivity index (χ1) is 3.71. The topological polar surface area (TPSA) is 12.0 Å². The SMILES string of the molecule is CC1(C)C#CNCC1. The van der Waals surface area contributed by atoms with Gasteiger partial charge in [0.25, 0.3) is 0 Å². The predicted octanol–water partition coefficient (Wildman–Crippen LogP) is 0.967. The lowest BCUT2D eigenvalue weighted by molar-refractivity contribution is 0.441. The maximum absolute atomic E-state index is 3.10. The largest absolute Gasteiger partial charge is 0.346 e. The van der Waals surface area contributed by atoms with E-state index in [0.29, 0.717) is 0 Å². The van der Waals surface area contributed by atoms with E-state index < -0.39 is 0 Å². The zero-order valence-corrected chi connectivity index (χ0v) is 5.41. The lowest BCUT2D eigenvalue weighted by Crippen LogP contribution is -2.22. The van der Waals surface area contributed by atoms with Crippen LogP contribution in [0.5, 0.6) is 0 Å². The molecule has 44 valence electrons. The molecule has 1 aliphatic heterocycles. The minimum Gasteiger partial charge on any atom is -0.346 e. The maximum Gasteiger partial charge on any atom is 0.0293 e. The Morgan fingerprint density at radius 2 is 2.25 bits per heavy atom. The Hall–Kier alpha value is -0.640. The third-order valence-electron chi connectivity index (χ3n) is 1.36. The molecule has 0 aliphatic carbocycles. The Bertz CT molecular complexity index is 136. The minimum atomic E-state index is 0.255. The molecule has 1 rings (SSSR count). The first-order valence-electron chi connectivity index (χ1n) is 2.96. The molecule has 0 aromatic rings. The van der Waals surface area contributed by atoms with Crippen LogP contribution in [0.25, 0.3) is 0 Å². The van der Waals surface area contributed by atoms with Crippen molar-refractivity contribution in [2.45, 2.75) is 20.3 Å². The highest BCUT2D eigenvalue weighted by atomic mass is 14.8. The van der Waals surface area contributed by atoms with Crippen molar-refractivity contribution in [1.82, 2.24) is 5.32 Å². The molecule has 0 saturated heterocycles. The summed E-state index contributed by atoms with van der Waals surface area (Å²) in [6.07, 6.45) is 1.17. The average molecular weight is 109 g/mol. The Labute approximate surface area is 50.5 Å².